The molecule has 0 saturated heterocycles. The van der Waals surface area contributed by atoms with Crippen LogP contribution < -0.4 is 16.0 Å². The monoisotopic (exact) mass is 345 g/mol. The second kappa shape index (κ2) is 8.93. The fourth-order valence-corrected chi connectivity index (χ4v) is 2.32. The molecule has 2 rings (SSSR count). The van der Waals surface area contributed by atoms with Gasteiger partial charge in [-0.15, -0.1) is 0 Å². The summed E-state index contributed by atoms with van der Waals surface area (Å²) in [4.78, 5) is 22.8. The van der Waals surface area contributed by atoms with Gasteiger partial charge in [-0.05, 0) is 35.9 Å². The summed E-state index contributed by atoms with van der Waals surface area (Å²) in [5, 5.41) is 9.36. The van der Waals surface area contributed by atoms with E-state index in [4.69, 9.17) is 11.6 Å². The summed E-state index contributed by atoms with van der Waals surface area (Å²) in [5.41, 5.74) is 2.53. The molecule has 0 radical (unpaired) electrons. The van der Waals surface area contributed by atoms with E-state index in [9.17, 15) is 9.59 Å². The number of carbonyl (C=O) groups excluding carboxylic acids is 2. The van der Waals surface area contributed by atoms with Crippen LogP contribution in [-0.2, 0) is 16.1 Å². The van der Waals surface area contributed by atoms with Crippen LogP contribution in [0.3, 0.4) is 0 Å². The maximum atomic E-state index is 11.9. The second-order valence-electron chi connectivity index (χ2n) is 5.30. The van der Waals surface area contributed by atoms with E-state index in [-0.39, 0.29) is 11.8 Å². The zero-order valence-electron chi connectivity index (χ0n) is 13.4. The van der Waals surface area contributed by atoms with Crippen molar-refractivity contribution in [1.82, 2.24) is 5.32 Å². The molecule has 0 aromatic heterocycles. The van der Waals surface area contributed by atoms with Crippen molar-refractivity contribution in [2.45, 2.75) is 19.9 Å². The van der Waals surface area contributed by atoms with Crippen molar-refractivity contribution in [1.29, 1.82) is 0 Å². The van der Waals surface area contributed by atoms with Crippen LogP contribution in [0, 0.1) is 0 Å². The van der Waals surface area contributed by atoms with E-state index in [2.05, 4.69) is 16.0 Å². The lowest BCUT2D eigenvalue weighted by molar-refractivity contribution is -0.121. The lowest BCUT2D eigenvalue weighted by Gasteiger charge is -2.09. The number of rotatable bonds is 7. The Bertz CT molecular complexity index is 702. The number of hydrogen-bond donors (Lipinski definition) is 3. The number of amides is 2. The third-order valence-electron chi connectivity index (χ3n) is 3.32. The highest BCUT2D eigenvalue weighted by Gasteiger charge is 2.04. The molecule has 0 fully saturated rings. The number of benzene rings is 2. The molecule has 6 heteroatoms. The molecule has 126 valence electrons. The summed E-state index contributed by atoms with van der Waals surface area (Å²) in [6, 6.07) is 14.8. The van der Waals surface area contributed by atoms with Gasteiger partial charge in [0.2, 0.25) is 11.8 Å². The van der Waals surface area contributed by atoms with Gasteiger partial charge in [0.05, 0.1) is 0 Å². The van der Waals surface area contributed by atoms with Crippen LogP contribution in [0.2, 0.25) is 5.02 Å². The van der Waals surface area contributed by atoms with E-state index < -0.39 is 0 Å². The third-order valence-corrected chi connectivity index (χ3v) is 3.69. The molecule has 0 unspecified atom stereocenters. The Morgan fingerprint density at radius 3 is 2.33 bits per heavy atom. The fraction of sp³-hybridized carbons (Fsp3) is 0.222. The Morgan fingerprint density at radius 2 is 1.67 bits per heavy atom. The van der Waals surface area contributed by atoms with Gasteiger partial charge in [0, 0.05) is 42.8 Å². The lowest BCUT2D eigenvalue weighted by Crippen LogP contribution is -2.25. The molecule has 0 aliphatic rings. The zero-order valence-corrected chi connectivity index (χ0v) is 14.2. The molecule has 0 aliphatic carbocycles. The minimum Gasteiger partial charge on any atom is -0.385 e. The Morgan fingerprint density at radius 1 is 1.00 bits per heavy atom. The molecule has 24 heavy (non-hydrogen) atoms. The van der Waals surface area contributed by atoms with Crippen LogP contribution >= 0.6 is 11.6 Å². The molecule has 0 saturated carbocycles. The molecule has 5 nitrogen and oxygen atoms in total. The summed E-state index contributed by atoms with van der Waals surface area (Å²) in [6.45, 7) is 2.41. The number of hydrogen-bond acceptors (Lipinski definition) is 3. The highest BCUT2D eigenvalue weighted by Crippen LogP contribution is 2.15. The molecule has 2 amide bonds. The third kappa shape index (κ3) is 5.93. The van der Waals surface area contributed by atoms with Crippen molar-refractivity contribution < 1.29 is 9.59 Å². The van der Waals surface area contributed by atoms with Crippen molar-refractivity contribution in [2.24, 2.45) is 0 Å². The quantitative estimate of drug-likeness (QED) is 0.720. The number of halogens is 1. The number of carbonyl (C=O) groups is 2. The largest absolute Gasteiger partial charge is 0.385 e. The molecule has 3 N–H and O–H groups in total. The van der Waals surface area contributed by atoms with Crippen LogP contribution in [0.15, 0.2) is 48.5 Å². The van der Waals surface area contributed by atoms with Crippen molar-refractivity contribution in [3.63, 3.8) is 0 Å². The van der Waals surface area contributed by atoms with E-state index >= 15 is 0 Å². The van der Waals surface area contributed by atoms with Crippen LogP contribution in [0.25, 0.3) is 0 Å². The van der Waals surface area contributed by atoms with Gasteiger partial charge in [-0.2, -0.15) is 0 Å². The molecular weight excluding hydrogens is 326 g/mol. The first kappa shape index (κ1) is 17.8. The molecule has 0 spiro atoms. The second-order valence-corrected chi connectivity index (χ2v) is 5.71. The Balaban J connectivity index is 1.70. The molecule has 2 aromatic carbocycles. The first-order valence-electron chi connectivity index (χ1n) is 7.66. The topological polar surface area (TPSA) is 70.2 Å². The number of nitrogens with one attached hydrogen (secondary N) is 3. The van der Waals surface area contributed by atoms with Crippen LogP contribution in [0.4, 0.5) is 11.4 Å². The van der Waals surface area contributed by atoms with Crippen LogP contribution in [-0.4, -0.2) is 18.4 Å². The molecule has 0 bridgehead atoms. The molecule has 0 heterocycles. The average molecular weight is 346 g/mol. The van der Waals surface area contributed by atoms with E-state index in [1.54, 1.807) is 18.2 Å². The van der Waals surface area contributed by atoms with Crippen molar-refractivity contribution in [2.75, 3.05) is 17.2 Å². The lowest BCUT2D eigenvalue weighted by atomic mass is 10.2. The predicted molar refractivity (Wildman–Crippen MR) is 97.2 cm³/mol. The van der Waals surface area contributed by atoms with Crippen LogP contribution in [0.1, 0.15) is 18.9 Å². The zero-order chi connectivity index (χ0) is 17.4. The summed E-state index contributed by atoms with van der Waals surface area (Å²) >= 11 is 6.05. The first-order valence-corrected chi connectivity index (χ1v) is 8.04. The fourth-order valence-electron chi connectivity index (χ4n) is 2.12. The molecular formula is C18H20ClN3O2. The number of anilines is 2. The summed E-state index contributed by atoms with van der Waals surface area (Å²) < 4.78 is 0. The normalized spacial score (nSPS) is 10.1. The molecule has 0 atom stereocenters. The summed E-state index contributed by atoms with van der Waals surface area (Å²) in [7, 11) is 0. The van der Waals surface area contributed by atoms with Gasteiger partial charge in [-0.25, -0.2) is 0 Å². The maximum absolute atomic E-state index is 11.9. The summed E-state index contributed by atoms with van der Waals surface area (Å²) in [5.74, 6) is -0.150. The minimum absolute atomic E-state index is 0.0442. The van der Waals surface area contributed by atoms with Crippen molar-refractivity contribution in [3.8, 4) is 0 Å². The Kier molecular flexibility index (Phi) is 6.63. The molecule has 2 aromatic rings. The standard InChI is InChI=1S/C18H20ClN3O2/c1-13(23)22-16-8-6-15(7-9-16)20-11-10-18(24)21-12-14-4-2-3-5-17(14)19/h2-9,20H,10-12H2,1H3,(H,21,24)(H,22,23). The van der Waals surface area contributed by atoms with Gasteiger partial charge < -0.3 is 16.0 Å². The Hall–Kier alpha value is -2.53. The van der Waals surface area contributed by atoms with Gasteiger partial charge in [-0.3, -0.25) is 9.59 Å². The Labute approximate surface area is 146 Å². The first-order chi connectivity index (χ1) is 11.5. The molecule has 0 aliphatic heterocycles. The van der Waals surface area contributed by atoms with Crippen molar-refractivity contribution in [3.05, 3.63) is 59.1 Å². The van der Waals surface area contributed by atoms with Crippen molar-refractivity contribution >= 4 is 34.8 Å². The van der Waals surface area contributed by atoms with Gasteiger partial charge in [-0.1, -0.05) is 29.8 Å². The highest BCUT2D eigenvalue weighted by atomic mass is 35.5. The smallest absolute Gasteiger partial charge is 0.222 e. The predicted octanol–water partition coefficient (Wildman–Crippen LogP) is 3.42. The SMILES string of the molecule is CC(=O)Nc1ccc(NCCC(=O)NCc2ccccc2Cl)cc1. The van der Waals surface area contributed by atoms with E-state index in [0.717, 1.165) is 16.9 Å². The van der Waals surface area contributed by atoms with Gasteiger partial charge in [0.25, 0.3) is 0 Å². The van der Waals surface area contributed by atoms with E-state index in [1.807, 2.05) is 30.3 Å². The van der Waals surface area contributed by atoms with E-state index in [0.29, 0.717) is 24.5 Å². The summed E-state index contributed by atoms with van der Waals surface area (Å²) in [6.07, 6.45) is 0.359. The van der Waals surface area contributed by atoms with Crippen LogP contribution in [0.5, 0.6) is 0 Å². The van der Waals surface area contributed by atoms with Gasteiger partial charge in [0.1, 0.15) is 0 Å². The van der Waals surface area contributed by atoms with Gasteiger partial charge >= 0.3 is 0 Å². The van der Waals surface area contributed by atoms with E-state index in [1.165, 1.54) is 6.92 Å². The highest BCUT2D eigenvalue weighted by molar-refractivity contribution is 6.31. The average Bonchev–Trinajstić information content (AvgIpc) is 2.55. The van der Waals surface area contributed by atoms with Gasteiger partial charge in [0.15, 0.2) is 0 Å². The maximum Gasteiger partial charge on any atom is 0.222 e. The minimum atomic E-state index is -0.106.